The molecule has 2 heterocycles. The van der Waals surface area contributed by atoms with Crippen molar-refractivity contribution in [2.45, 2.75) is 31.7 Å². The minimum atomic E-state index is -0.287. The highest BCUT2D eigenvalue weighted by Crippen LogP contribution is 2.33. The van der Waals surface area contributed by atoms with Gasteiger partial charge in [-0.05, 0) is 42.5 Å². The van der Waals surface area contributed by atoms with Gasteiger partial charge in [0.25, 0.3) is 5.91 Å². The average molecular weight is 384 g/mol. The van der Waals surface area contributed by atoms with Crippen molar-refractivity contribution in [3.8, 4) is 5.75 Å². The minimum Gasteiger partial charge on any atom is -0.482 e. The number of ketones is 1. The van der Waals surface area contributed by atoms with Crippen molar-refractivity contribution in [1.29, 1.82) is 0 Å². The summed E-state index contributed by atoms with van der Waals surface area (Å²) in [5.41, 5.74) is 0.936. The van der Waals surface area contributed by atoms with Crippen molar-refractivity contribution in [3.63, 3.8) is 0 Å². The molecule has 2 aliphatic rings. The number of rotatable bonds is 5. The molecule has 0 spiro atoms. The number of carbonyl (C=O) groups is 3. The molecule has 2 amide bonds. The van der Waals surface area contributed by atoms with Crippen LogP contribution in [0.4, 0.5) is 5.69 Å². The number of anilines is 1. The Kier molecular flexibility index (Phi) is 4.94. The van der Waals surface area contributed by atoms with Gasteiger partial charge >= 0.3 is 0 Å². The second-order valence-corrected chi connectivity index (χ2v) is 7.75. The largest absolute Gasteiger partial charge is 0.482 e. The lowest BCUT2D eigenvalue weighted by Gasteiger charge is -2.29. The van der Waals surface area contributed by atoms with Crippen molar-refractivity contribution in [2.24, 2.45) is 0 Å². The van der Waals surface area contributed by atoms with Crippen LogP contribution in [0, 0.1) is 0 Å². The van der Waals surface area contributed by atoms with Crippen LogP contribution in [0.5, 0.6) is 5.75 Å². The predicted octanol–water partition coefficient (Wildman–Crippen LogP) is 2.76. The third-order valence-electron chi connectivity index (χ3n) is 4.93. The summed E-state index contributed by atoms with van der Waals surface area (Å²) in [5.74, 6) is -0.0740. The topological polar surface area (TPSA) is 75.7 Å². The van der Waals surface area contributed by atoms with Crippen LogP contribution in [-0.4, -0.2) is 36.8 Å². The number of amides is 2. The first-order valence-corrected chi connectivity index (χ1v) is 9.94. The van der Waals surface area contributed by atoms with Crippen LogP contribution in [0.25, 0.3) is 0 Å². The van der Waals surface area contributed by atoms with Crippen molar-refractivity contribution < 1.29 is 19.1 Å². The molecule has 0 bridgehead atoms. The maximum Gasteiger partial charge on any atom is 0.265 e. The quantitative estimate of drug-likeness (QED) is 0.805. The highest BCUT2D eigenvalue weighted by Gasteiger charge is 2.29. The van der Waals surface area contributed by atoms with Crippen LogP contribution in [0.15, 0.2) is 35.7 Å². The van der Waals surface area contributed by atoms with Gasteiger partial charge in [0.1, 0.15) is 12.3 Å². The standard InChI is InChI=1S/C20H20N2O4S/c23-18(21-14-4-1-2-5-14)11-22-15-10-13(20(25)17-6-3-9-27-17)7-8-16(15)26-12-19(22)24/h3,6-10,14H,1-2,4-5,11-12H2,(H,21,23). The fourth-order valence-electron chi connectivity index (χ4n) is 3.55. The maximum absolute atomic E-state index is 12.6. The summed E-state index contributed by atoms with van der Waals surface area (Å²) < 4.78 is 5.47. The summed E-state index contributed by atoms with van der Waals surface area (Å²) in [5, 5.41) is 4.84. The lowest BCUT2D eigenvalue weighted by molar-refractivity contribution is -0.125. The number of carbonyl (C=O) groups excluding carboxylic acids is 3. The molecule has 1 N–H and O–H groups in total. The monoisotopic (exact) mass is 384 g/mol. The summed E-state index contributed by atoms with van der Waals surface area (Å²) in [4.78, 5) is 39.5. The summed E-state index contributed by atoms with van der Waals surface area (Å²) >= 11 is 1.37. The van der Waals surface area contributed by atoms with Gasteiger partial charge in [0.15, 0.2) is 6.61 Å². The molecule has 1 fully saturated rings. The smallest absolute Gasteiger partial charge is 0.265 e. The molecule has 1 aliphatic heterocycles. The molecule has 1 aromatic heterocycles. The van der Waals surface area contributed by atoms with Crippen LogP contribution in [-0.2, 0) is 9.59 Å². The zero-order valence-corrected chi connectivity index (χ0v) is 15.6. The van der Waals surface area contributed by atoms with E-state index >= 15 is 0 Å². The van der Waals surface area contributed by atoms with E-state index in [2.05, 4.69) is 5.32 Å². The first-order valence-electron chi connectivity index (χ1n) is 9.06. The van der Waals surface area contributed by atoms with Crippen LogP contribution in [0.1, 0.15) is 40.9 Å². The molecule has 1 aliphatic carbocycles. The lowest BCUT2D eigenvalue weighted by atomic mass is 10.1. The molecule has 4 rings (SSSR count). The van der Waals surface area contributed by atoms with Crippen molar-refractivity contribution in [3.05, 3.63) is 46.2 Å². The molecule has 27 heavy (non-hydrogen) atoms. The van der Waals surface area contributed by atoms with Gasteiger partial charge in [0.05, 0.1) is 10.6 Å². The van der Waals surface area contributed by atoms with E-state index in [-0.39, 0.29) is 36.8 Å². The number of hydrogen-bond donors (Lipinski definition) is 1. The van der Waals surface area contributed by atoms with Gasteiger partial charge in [0.2, 0.25) is 11.7 Å². The van der Waals surface area contributed by atoms with E-state index in [0.717, 1.165) is 25.7 Å². The Bertz CT molecular complexity index is 872. The minimum absolute atomic E-state index is 0.0671. The van der Waals surface area contributed by atoms with Crippen LogP contribution >= 0.6 is 11.3 Å². The first-order chi connectivity index (χ1) is 13.1. The number of nitrogens with zero attached hydrogens (tertiary/aromatic N) is 1. The number of benzene rings is 1. The zero-order chi connectivity index (χ0) is 18.8. The van der Waals surface area contributed by atoms with E-state index in [4.69, 9.17) is 4.74 Å². The average Bonchev–Trinajstić information content (AvgIpc) is 3.37. The highest BCUT2D eigenvalue weighted by molar-refractivity contribution is 7.12. The normalized spacial score (nSPS) is 16.7. The fraction of sp³-hybridized carbons (Fsp3) is 0.350. The third kappa shape index (κ3) is 3.73. The molecule has 2 aromatic rings. The van der Waals surface area contributed by atoms with Gasteiger partial charge in [0, 0.05) is 11.6 Å². The molecule has 1 saturated carbocycles. The van der Waals surface area contributed by atoms with Gasteiger partial charge in [-0.1, -0.05) is 18.9 Å². The molecule has 0 saturated heterocycles. The van der Waals surface area contributed by atoms with E-state index in [0.29, 0.717) is 21.9 Å². The Morgan fingerprint density at radius 1 is 1.22 bits per heavy atom. The van der Waals surface area contributed by atoms with Crippen molar-refractivity contribution >= 4 is 34.6 Å². The lowest BCUT2D eigenvalue weighted by Crippen LogP contribution is -2.47. The molecular formula is C20H20N2O4S. The number of ether oxygens (including phenoxy) is 1. The molecule has 7 heteroatoms. The zero-order valence-electron chi connectivity index (χ0n) is 14.8. The van der Waals surface area contributed by atoms with Crippen LogP contribution in [0.3, 0.4) is 0 Å². The van der Waals surface area contributed by atoms with Gasteiger partial charge < -0.3 is 10.1 Å². The number of thiophene rings is 1. The first kappa shape index (κ1) is 17.7. The number of hydrogen-bond acceptors (Lipinski definition) is 5. The second kappa shape index (κ2) is 7.52. The third-order valence-corrected chi connectivity index (χ3v) is 5.80. The molecule has 0 unspecified atom stereocenters. The Balaban J connectivity index is 1.56. The molecular weight excluding hydrogens is 364 g/mol. The van der Waals surface area contributed by atoms with Crippen LogP contribution < -0.4 is 15.0 Å². The van der Waals surface area contributed by atoms with E-state index in [1.807, 2.05) is 11.4 Å². The molecule has 6 nitrogen and oxygen atoms in total. The molecule has 140 valence electrons. The van der Waals surface area contributed by atoms with E-state index in [1.54, 1.807) is 24.3 Å². The Hall–Kier alpha value is -2.67. The fourth-order valence-corrected chi connectivity index (χ4v) is 4.24. The van der Waals surface area contributed by atoms with E-state index < -0.39 is 0 Å². The summed E-state index contributed by atoms with van der Waals surface area (Å²) in [6, 6.07) is 8.79. The van der Waals surface area contributed by atoms with E-state index in [1.165, 1.54) is 16.2 Å². The SMILES string of the molecule is O=C(CN1C(=O)COc2ccc(C(=O)c3cccs3)cc21)NC1CCCC1. The number of fused-ring (bicyclic) bond motifs is 1. The van der Waals surface area contributed by atoms with Gasteiger partial charge in [-0.15, -0.1) is 11.3 Å². The maximum atomic E-state index is 12.6. The Morgan fingerprint density at radius 2 is 2.04 bits per heavy atom. The molecule has 0 radical (unpaired) electrons. The second-order valence-electron chi connectivity index (χ2n) is 6.81. The molecule has 0 atom stereocenters. The van der Waals surface area contributed by atoms with Crippen molar-refractivity contribution in [2.75, 3.05) is 18.1 Å². The summed E-state index contributed by atoms with van der Waals surface area (Å²) in [7, 11) is 0. The summed E-state index contributed by atoms with van der Waals surface area (Å²) in [6.07, 6.45) is 4.22. The number of nitrogens with one attached hydrogen (secondary N) is 1. The summed E-state index contributed by atoms with van der Waals surface area (Å²) in [6.45, 7) is -0.176. The van der Waals surface area contributed by atoms with Crippen molar-refractivity contribution in [1.82, 2.24) is 5.32 Å². The Labute approximate surface area is 161 Å². The highest BCUT2D eigenvalue weighted by atomic mass is 32.1. The van der Waals surface area contributed by atoms with Gasteiger partial charge in [-0.3, -0.25) is 19.3 Å². The molecule has 1 aromatic carbocycles. The van der Waals surface area contributed by atoms with Gasteiger partial charge in [-0.25, -0.2) is 0 Å². The predicted molar refractivity (Wildman–Crippen MR) is 102 cm³/mol. The van der Waals surface area contributed by atoms with Gasteiger partial charge in [-0.2, -0.15) is 0 Å². The van der Waals surface area contributed by atoms with E-state index in [9.17, 15) is 14.4 Å². The van der Waals surface area contributed by atoms with Crippen LogP contribution in [0.2, 0.25) is 0 Å². The Morgan fingerprint density at radius 3 is 2.78 bits per heavy atom.